The fourth-order valence-corrected chi connectivity index (χ4v) is 35.7. The van der Waals surface area contributed by atoms with E-state index in [1.54, 1.807) is 0 Å². The second-order valence-electron chi connectivity index (χ2n) is 13.0. The lowest BCUT2D eigenvalue weighted by molar-refractivity contribution is 0.322. The Morgan fingerprint density at radius 1 is 0.531 bits per heavy atom. The summed E-state index contributed by atoms with van der Waals surface area (Å²) in [7, 11) is 7.83. The Morgan fingerprint density at radius 2 is 0.750 bits per heavy atom. The Hall–Kier alpha value is 1.75. The first-order valence-electron chi connectivity index (χ1n) is 12.0. The third-order valence-electron chi connectivity index (χ3n) is 7.09. The minimum atomic E-state index is -2.09. The highest BCUT2D eigenvalue weighted by atomic mass is 33.7. The molecule has 0 spiro atoms. The first kappa shape index (κ1) is 33.8. The van der Waals surface area contributed by atoms with E-state index < -0.39 is 16.6 Å². The lowest BCUT2D eigenvalue weighted by Crippen LogP contribution is -2.61. The molecule has 2 nitrogen and oxygen atoms in total. The molecule has 32 heavy (non-hydrogen) atoms. The van der Waals surface area contributed by atoms with Crippen LogP contribution in [-0.2, 0) is 8.85 Å². The van der Waals surface area contributed by atoms with Crippen LogP contribution in [0.25, 0.3) is 0 Å². The number of rotatable bonds is 11. The Bertz CT molecular complexity index is 482. The summed E-state index contributed by atoms with van der Waals surface area (Å²) >= 11 is 0. The molecule has 0 fully saturated rings. The lowest BCUT2D eigenvalue weighted by atomic mass is 10.2. The molecule has 0 rings (SSSR count). The van der Waals surface area contributed by atoms with Crippen LogP contribution in [0, 0.1) is 0 Å². The van der Waals surface area contributed by atoms with E-state index in [2.05, 4.69) is 119 Å². The molecular formula is C24H54O2S4Si2. The summed E-state index contributed by atoms with van der Waals surface area (Å²) in [5.41, 5.74) is 0. The number of hydrogen-bond acceptors (Lipinski definition) is 6. The van der Waals surface area contributed by atoms with Crippen molar-refractivity contribution in [3.8, 4) is 0 Å². The first-order valence-corrected chi connectivity index (χ1v) is 20.9. The van der Waals surface area contributed by atoms with Gasteiger partial charge in [-0.2, -0.15) is 0 Å². The van der Waals surface area contributed by atoms with Crippen LogP contribution in [-0.4, -0.2) is 40.6 Å². The van der Waals surface area contributed by atoms with Gasteiger partial charge in [-0.1, -0.05) is 119 Å². The highest BCUT2D eigenvalue weighted by Crippen LogP contribution is 2.62. The molecule has 0 saturated heterocycles. The van der Waals surface area contributed by atoms with Gasteiger partial charge in [0.15, 0.2) is 0 Å². The van der Waals surface area contributed by atoms with Gasteiger partial charge in [0, 0.05) is 24.0 Å². The molecule has 0 saturated carbocycles. The van der Waals surface area contributed by atoms with Gasteiger partial charge in [-0.3, -0.25) is 0 Å². The van der Waals surface area contributed by atoms with Crippen LogP contribution in [0.1, 0.15) is 110 Å². The molecule has 0 aliphatic rings. The third-order valence-corrected chi connectivity index (χ3v) is 30.4. The minimum absolute atomic E-state index is 0.175. The van der Waals surface area contributed by atoms with Gasteiger partial charge < -0.3 is 8.85 Å². The van der Waals surface area contributed by atoms with E-state index >= 15 is 0 Å². The van der Waals surface area contributed by atoms with Crippen molar-refractivity contribution in [2.24, 2.45) is 0 Å². The summed E-state index contributed by atoms with van der Waals surface area (Å²) in [6, 6.07) is 0. The minimum Gasteiger partial charge on any atom is -0.418 e. The van der Waals surface area contributed by atoms with Crippen LogP contribution in [0.3, 0.4) is 0 Å². The molecular weight excluding hydrogens is 505 g/mol. The molecule has 194 valence electrons. The highest BCUT2D eigenvalue weighted by Gasteiger charge is 2.60. The maximum Gasteiger partial charge on any atom is 0.216 e. The van der Waals surface area contributed by atoms with Gasteiger partial charge in [0.25, 0.3) is 0 Å². The zero-order valence-corrected chi connectivity index (χ0v) is 29.3. The maximum atomic E-state index is 6.56. The first-order chi connectivity index (χ1) is 14.2. The standard InChI is InChI=1S/C24H54O2S4Si2/c1-17-19(31(25-15,21(3,4)5)22(6,7)8)27-29-30-28-20(18-2)32(26-16,23(9,10)11)24(12,13)14/h19-20H,17-18H2,1-16H3. The number of hydrogen-bond donors (Lipinski definition) is 0. The van der Waals surface area contributed by atoms with Crippen molar-refractivity contribution in [3.63, 3.8) is 0 Å². The zero-order chi connectivity index (χ0) is 25.8. The zero-order valence-electron chi connectivity index (χ0n) is 24.0. The van der Waals surface area contributed by atoms with Crippen molar-refractivity contribution in [2.75, 3.05) is 14.2 Å². The van der Waals surface area contributed by atoms with Gasteiger partial charge in [-0.05, 0) is 52.6 Å². The Labute approximate surface area is 219 Å². The monoisotopic (exact) mass is 558 g/mol. The van der Waals surface area contributed by atoms with Crippen molar-refractivity contribution in [3.05, 3.63) is 0 Å². The molecule has 0 aromatic carbocycles. The van der Waals surface area contributed by atoms with Crippen LogP contribution in [0.15, 0.2) is 0 Å². The Balaban J connectivity index is 5.69. The van der Waals surface area contributed by atoms with Gasteiger partial charge >= 0.3 is 0 Å². The quantitative estimate of drug-likeness (QED) is 0.141. The highest BCUT2D eigenvalue weighted by molar-refractivity contribution is 9.26. The Kier molecular flexibility index (Phi) is 13.0. The van der Waals surface area contributed by atoms with E-state index in [0.29, 0.717) is 9.75 Å². The molecule has 2 atom stereocenters. The van der Waals surface area contributed by atoms with Crippen molar-refractivity contribution in [1.29, 1.82) is 0 Å². The van der Waals surface area contributed by atoms with Gasteiger partial charge in [0.1, 0.15) is 0 Å². The normalized spacial score (nSPS) is 16.9. The molecule has 0 radical (unpaired) electrons. The lowest BCUT2D eigenvalue weighted by Gasteiger charge is -2.54. The third kappa shape index (κ3) is 6.74. The van der Waals surface area contributed by atoms with Crippen LogP contribution in [0.2, 0.25) is 20.2 Å². The van der Waals surface area contributed by atoms with Gasteiger partial charge in [-0.25, -0.2) is 0 Å². The van der Waals surface area contributed by atoms with Crippen molar-refractivity contribution >= 4 is 57.9 Å². The average molecular weight is 559 g/mol. The molecule has 0 heterocycles. The van der Waals surface area contributed by atoms with E-state index in [0.717, 1.165) is 12.8 Å². The van der Waals surface area contributed by atoms with E-state index in [9.17, 15) is 0 Å². The molecule has 0 N–H and O–H groups in total. The fourth-order valence-electron chi connectivity index (χ4n) is 6.64. The van der Waals surface area contributed by atoms with Crippen LogP contribution in [0.4, 0.5) is 0 Å². The SMILES string of the molecule is CCC(SSSSC(CC)[Si](OC)(C(C)(C)C)C(C)(C)C)[Si](OC)(C(C)(C)C)C(C)(C)C. The summed E-state index contributed by atoms with van der Waals surface area (Å²) in [6.45, 7) is 33.4. The molecule has 0 aliphatic heterocycles. The molecule has 0 aromatic rings. The summed E-state index contributed by atoms with van der Waals surface area (Å²) in [6.07, 6.45) is 2.30. The van der Waals surface area contributed by atoms with Crippen LogP contribution in [0.5, 0.6) is 0 Å². The average Bonchev–Trinajstić information content (AvgIpc) is 2.58. The Morgan fingerprint density at radius 3 is 0.875 bits per heavy atom. The molecule has 2 unspecified atom stereocenters. The molecule has 8 heteroatoms. The fraction of sp³-hybridized carbons (Fsp3) is 1.00. The summed E-state index contributed by atoms with van der Waals surface area (Å²) < 4.78 is 13.1. The largest absolute Gasteiger partial charge is 0.418 e. The van der Waals surface area contributed by atoms with Crippen molar-refractivity contribution < 1.29 is 8.85 Å². The van der Waals surface area contributed by atoms with E-state index in [-0.39, 0.29) is 20.2 Å². The van der Waals surface area contributed by atoms with Crippen LogP contribution < -0.4 is 0 Å². The van der Waals surface area contributed by atoms with Crippen molar-refractivity contribution in [1.82, 2.24) is 0 Å². The smallest absolute Gasteiger partial charge is 0.216 e. The van der Waals surface area contributed by atoms with Crippen LogP contribution >= 0.6 is 41.2 Å². The summed E-state index contributed by atoms with van der Waals surface area (Å²) in [5, 5.41) is 0.701. The van der Waals surface area contributed by atoms with E-state index in [4.69, 9.17) is 8.85 Å². The summed E-state index contributed by atoms with van der Waals surface area (Å²) in [4.78, 5) is 1.08. The van der Waals surface area contributed by atoms with Gasteiger partial charge in [0.05, 0.1) is 0 Å². The maximum absolute atomic E-state index is 6.56. The second kappa shape index (κ2) is 12.3. The van der Waals surface area contributed by atoms with E-state index in [1.807, 2.05) is 33.9 Å². The molecule has 0 bridgehead atoms. The molecule has 0 amide bonds. The van der Waals surface area contributed by atoms with Crippen molar-refractivity contribution in [2.45, 2.75) is 140 Å². The topological polar surface area (TPSA) is 18.5 Å². The summed E-state index contributed by atoms with van der Waals surface area (Å²) in [5.74, 6) is 0. The second-order valence-corrected chi connectivity index (χ2v) is 31.2. The predicted octanol–water partition coefficient (Wildman–Crippen LogP) is 10.7. The van der Waals surface area contributed by atoms with Gasteiger partial charge in [0.2, 0.25) is 16.6 Å². The predicted molar refractivity (Wildman–Crippen MR) is 163 cm³/mol. The molecule has 0 aliphatic carbocycles. The molecule has 0 aromatic heterocycles. The van der Waals surface area contributed by atoms with E-state index in [1.165, 1.54) is 0 Å². The van der Waals surface area contributed by atoms with Gasteiger partial charge in [-0.15, -0.1) is 0 Å².